The van der Waals surface area contributed by atoms with Gasteiger partial charge in [-0.3, -0.25) is 9.59 Å². The zero-order valence-electron chi connectivity index (χ0n) is 17.3. The largest absolute Gasteiger partial charge is 0.457 e. The smallest absolute Gasteiger partial charge is 0.338 e. The van der Waals surface area contributed by atoms with Gasteiger partial charge in [0.2, 0.25) is 0 Å². The van der Waals surface area contributed by atoms with Gasteiger partial charge in [0.25, 0.3) is 11.8 Å². The number of carbonyl (C=O) groups is 3. The molecule has 0 fully saturated rings. The molecule has 5 rings (SSSR count). The highest BCUT2D eigenvalue weighted by Crippen LogP contribution is 2.32. The molecular weight excluding hydrogens is 416 g/mol. The maximum absolute atomic E-state index is 13.1. The van der Waals surface area contributed by atoms with E-state index in [1.807, 2.05) is 18.2 Å². The Kier molecular flexibility index (Phi) is 4.92. The Morgan fingerprint density at radius 2 is 1.42 bits per heavy atom. The van der Waals surface area contributed by atoms with E-state index in [1.54, 1.807) is 60.7 Å². The van der Waals surface area contributed by atoms with Crippen LogP contribution in [0.3, 0.4) is 0 Å². The van der Waals surface area contributed by atoms with Crippen molar-refractivity contribution in [1.82, 2.24) is 0 Å². The SMILES string of the molecule is N#Cc1ccc(COC(=O)c2ccc(N3C(=O)c4cccc5cccc(c45)C3=O)cc2)cc1. The summed E-state index contributed by atoms with van der Waals surface area (Å²) in [5, 5.41) is 10.4. The highest BCUT2D eigenvalue weighted by molar-refractivity contribution is 6.35. The summed E-state index contributed by atoms with van der Waals surface area (Å²) in [6.07, 6.45) is 0. The van der Waals surface area contributed by atoms with Crippen LogP contribution in [0.1, 0.15) is 42.2 Å². The second kappa shape index (κ2) is 8.06. The minimum atomic E-state index is -0.530. The molecule has 1 aliphatic rings. The molecule has 1 aliphatic heterocycles. The summed E-state index contributed by atoms with van der Waals surface area (Å²) in [6.45, 7) is 0.0657. The number of benzene rings is 4. The molecule has 1 heterocycles. The lowest BCUT2D eigenvalue weighted by atomic mass is 9.94. The molecule has 6 nitrogen and oxygen atoms in total. The van der Waals surface area contributed by atoms with Gasteiger partial charge in [-0.15, -0.1) is 0 Å². The van der Waals surface area contributed by atoms with Gasteiger partial charge in [0.05, 0.1) is 22.9 Å². The second-order valence-corrected chi connectivity index (χ2v) is 7.59. The zero-order valence-corrected chi connectivity index (χ0v) is 17.3. The fourth-order valence-corrected chi connectivity index (χ4v) is 3.92. The van der Waals surface area contributed by atoms with Crippen LogP contribution >= 0.6 is 0 Å². The molecule has 0 aliphatic carbocycles. The number of ether oxygens (including phenoxy) is 1. The highest BCUT2D eigenvalue weighted by atomic mass is 16.5. The highest BCUT2D eigenvalue weighted by Gasteiger charge is 2.33. The quantitative estimate of drug-likeness (QED) is 0.339. The van der Waals surface area contributed by atoms with E-state index in [1.165, 1.54) is 12.1 Å². The van der Waals surface area contributed by atoms with Crippen LogP contribution < -0.4 is 4.90 Å². The molecule has 0 unspecified atom stereocenters. The van der Waals surface area contributed by atoms with Crippen molar-refractivity contribution < 1.29 is 19.1 Å². The van der Waals surface area contributed by atoms with Crippen LogP contribution in [0, 0.1) is 11.3 Å². The average molecular weight is 432 g/mol. The van der Waals surface area contributed by atoms with Crippen LogP contribution in [-0.2, 0) is 11.3 Å². The monoisotopic (exact) mass is 432 g/mol. The predicted molar refractivity (Wildman–Crippen MR) is 122 cm³/mol. The number of hydrogen-bond acceptors (Lipinski definition) is 5. The van der Waals surface area contributed by atoms with E-state index in [0.717, 1.165) is 15.8 Å². The van der Waals surface area contributed by atoms with Crippen molar-refractivity contribution >= 4 is 34.2 Å². The summed E-state index contributed by atoms with van der Waals surface area (Å²) >= 11 is 0. The van der Waals surface area contributed by atoms with Gasteiger partial charge in [-0.05, 0) is 59.5 Å². The maximum atomic E-state index is 13.1. The summed E-state index contributed by atoms with van der Waals surface area (Å²) in [4.78, 5) is 39.8. The van der Waals surface area contributed by atoms with Crippen LogP contribution in [0.4, 0.5) is 5.69 Å². The summed E-state index contributed by atoms with van der Waals surface area (Å²) in [5.74, 6) is -1.33. The molecule has 0 bridgehead atoms. The molecule has 0 radical (unpaired) electrons. The number of esters is 1. The first-order valence-electron chi connectivity index (χ1n) is 10.2. The Labute approximate surface area is 189 Å². The minimum Gasteiger partial charge on any atom is -0.457 e. The normalized spacial score (nSPS) is 12.5. The van der Waals surface area contributed by atoms with Gasteiger partial charge in [-0.2, -0.15) is 5.26 Å². The van der Waals surface area contributed by atoms with E-state index in [9.17, 15) is 14.4 Å². The third-order valence-corrected chi connectivity index (χ3v) is 5.59. The Hall–Kier alpha value is -4.76. The average Bonchev–Trinajstić information content (AvgIpc) is 2.86. The van der Waals surface area contributed by atoms with Crippen molar-refractivity contribution in [3.05, 3.63) is 113 Å². The van der Waals surface area contributed by atoms with Crippen LogP contribution in [0.2, 0.25) is 0 Å². The lowest BCUT2D eigenvalue weighted by molar-refractivity contribution is 0.0472. The third kappa shape index (κ3) is 3.52. The number of rotatable bonds is 4. The molecular formula is C27H16N2O4. The number of carbonyl (C=O) groups excluding carboxylic acids is 3. The van der Waals surface area contributed by atoms with Gasteiger partial charge in [-0.1, -0.05) is 36.4 Å². The van der Waals surface area contributed by atoms with E-state index >= 15 is 0 Å². The van der Waals surface area contributed by atoms with E-state index in [2.05, 4.69) is 0 Å². The van der Waals surface area contributed by atoms with Gasteiger partial charge in [0, 0.05) is 16.5 Å². The first-order valence-corrected chi connectivity index (χ1v) is 10.2. The molecule has 0 atom stereocenters. The molecule has 33 heavy (non-hydrogen) atoms. The van der Waals surface area contributed by atoms with Crippen LogP contribution in [-0.4, -0.2) is 17.8 Å². The van der Waals surface area contributed by atoms with Crippen molar-refractivity contribution in [2.24, 2.45) is 0 Å². The molecule has 2 amide bonds. The van der Waals surface area contributed by atoms with Crippen molar-refractivity contribution in [3.8, 4) is 6.07 Å². The Balaban J connectivity index is 1.36. The number of nitriles is 1. The number of hydrogen-bond donors (Lipinski definition) is 0. The van der Waals surface area contributed by atoms with E-state index < -0.39 is 17.8 Å². The fourth-order valence-electron chi connectivity index (χ4n) is 3.92. The number of imide groups is 1. The second-order valence-electron chi connectivity index (χ2n) is 7.59. The summed E-state index contributed by atoms with van der Waals surface area (Å²) in [6, 6.07) is 25.7. The third-order valence-electron chi connectivity index (χ3n) is 5.59. The first kappa shape index (κ1) is 20.2. The van der Waals surface area contributed by atoms with E-state index in [-0.39, 0.29) is 6.61 Å². The molecule has 0 saturated heterocycles. The van der Waals surface area contributed by atoms with Gasteiger partial charge in [0.1, 0.15) is 6.61 Å². The number of anilines is 1. The van der Waals surface area contributed by atoms with Gasteiger partial charge in [-0.25, -0.2) is 9.69 Å². The van der Waals surface area contributed by atoms with Crippen molar-refractivity contribution in [1.29, 1.82) is 5.26 Å². The van der Waals surface area contributed by atoms with Crippen LogP contribution in [0.25, 0.3) is 10.8 Å². The van der Waals surface area contributed by atoms with Crippen LogP contribution in [0.15, 0.2) is 84.9 Å². The fraction of sp³-hybridized carbons (Fsp3) is 0.0370. The molecule has 0 N–H and O–H groups in total. The van der Waals surface area contributed by atoms with Gasteiger partial charge >= 0.3 is 5.97 Å². The Bertz CT molecular complexity index is 1410. The number of amides is 2. The molecule has 4 aromatic rings. The molecule has 6 heteroatoms. The molecule has 0 spiro atoms. The van der Waals surface area contributed by atoms with Crippen molar-refractivity contribution in [2.75, 3.05) is 4.90 Å². The molecule has 4 aromatic carbocycles. The Morgan fingerprint density at radius 1 is 0.818 bits per heavy atom. The molecule has 158 valence electrons. The lowest BCUT2D eigenvalue weighted by Crippen LogP contribution is -2.40. The number of nitrogens with zero attached hydrogens (tertiary/aromatic N) is 2. The van der Waals surface area contributed by atoms with Crippen LogP contribution in [0.5, 0.6) is 0 Å². The van der Waals surface area contributed by atoms with Gasteiger partial charge < -0.3 is 4.74 Å². The minimum absolute atomic E-state index is 0.0657. The molecule has 0 aromatic heterocycles. The summed E-state index contributed by atoms with van der Waals surface area (Å²) in [5.41, 5.74) is 2.90. The van der Waals surface area contributed by atoms with E-state index in [4.69, 9.17) is 10.00 Å². The standard InChI is InChI=1S/C27H16N2O4/c28-15-17-7-9-18(10-8-17)16-33-27(32)20-11-13-21(14-12-20)29-25(30)22-5-1-3-19-4-2-6-23(24(19)22)26(29)31/h1-14H,16H2. The van der Waals surface area contributed by atoms with Gasteiger partial charge in [0.15, 0.2) is 0 Å². The first-order chi connectivity index (χ1) is 16.1. The molecule has 0 saturated carbocycles. The lowest BCUT2D eigenvalue weighted by Gasteiger charge is -2.27. The zero-order chi connectivity index (χ0) is 22.9. The summed E-state index contributed by atoms with van der Waals surface area (Å²) < 4.78 is 5.33. The maximum Gasteiger partial charge on any atom is 0.338 e. The Morgan fingerprint density at radius 3 is 2.00 bits per heavy atom. The predicted octanol–water partition coefficient (Wildman–Crippen LogP) is 4.87. The summed E-state index contributed by atoms with van der Waals surface area (Å²) in [7, 11) is 0. The van der Waals surface area contributed by atoms with Crippen molar-refractivity contribution in [3.63, 3.8) is 0 Å². The topological polar surface area (TPSA) is 87.5 Å². The van der Waals surface area contributed by atoms with E-state index in [0.29, 0.717) is 33.3 Å². The van der Waals surface area contributed by atoms with Crippen molar-refractivity contribution in [2.45, 2.75) is 6.61 Å².